The van der Waals surface area contributed by atoms with E-state index in [2.05, 4.69) is 20.3 Å². The van der Waals surface area contributed by atoms with E-state index in [4.69, 9.17) is 4.42 Å². The number of anilines is 1. The third kappa shape index (κ3) is 2.99. The molecule has 6 rings (SSSR count). The Bertz CT molecular complexity index is 1520. The summed E-state index contributed by atoms with van der Waals surface area (Å²) in [7, 11) is 0. The number of amides is 1. The number of carbonyl (C=O) groups is 1. The summed E-state index contributed by atoms with van der Waals surface area (Å²) in [5.74, 6) is 1.21. The number of nitrogens with one attached hydrogen (secondary N) is 2. The second kappa shape index (κ2) is 6.80. The van der Waals surface area contributed by atoms with E-state index in [1.807, 2.05) is 36.4 Å². The number of hydrogen-bond acceptors (Lipinski definition) is 5. The summed E-state index contributed by atoms with van der Waals surface area (Å²) < 4.78 is 6.92. The van der Waals surface area contributed by atoms with Gasteiger partial charge in [0.25, 0.3) is 5.56 Å². The van der Waals surface area contributed by atoms with Crippen LogP contribution in [0.15, 0.2) is 58.0 Å². The Hall–Kier alpha value is -3.94. The molecule has 0 spiro atoms. The van der Waals surface area contributed by atoms with Gasteiger partial charge in [-0.05, 0) is 43.2 Å². The van der Waals surface area contributed by atoms with E-state index in [9.17, 15) is 9.59 Å². The standard InChI is InChI=1S/C23H19N5O3/c29-19(25-14-8-9-16-17(10-14)27-22(26-16)13-4-3-5-13)11-28-12-24-20-15-6-1-2-7-18(15)31-21(20)23(28)30/h1-2,6-10,12-13H,3-5,11H2,(H,25,29)(H,26,27). The van der Waals surface area contributed by atoms with Gasteiger partial charge in [0, 0.05) is 17.0 Å². The fourth-order valence-corrected chi connectivity index (χ4v) is 4.07. The van der Waals surface area contributed by atoms with Crippen LogP contribution in [0.3, 0.4) is 0 Å². The van der Waals surface area contributed by atoms with Gasteiger partial charge in [0.1, 0.15) is 23.5 Å². The van der Waals surface area contributed by atoms with Crippen molar-refractivity contribution in [2.45, 2.75) is 31.7 Å². The number of hydrogen-bond donors (Lipinski definition) is 2. The summed E-state index contributed by atoms with van der Waals surface area (Å²) in [4.78, 5) is 37.7. The molecule has 1 aliphatic carbocycles. The summed E-state index contributed by atoms with van der Waals surface area (Å²) in [6, 6.07) is 12.9. The van der Waals surface area contributed by atoms with Crippen molar-refractivity contribution in [2.24, 2.45) is 0 Å². The molecule has 8 nitrogen and oxygen atoms in total. The first kappa shape index (κ1) is 17.9. The number of fused-ring (bicyclic) bond motifs is 4. The first-order chi connectivity index (χ1) is 15.2. The van der Waals surface area contributed by atoms with Crippen molar-refractivity contribution in [2.75, 3.05) is 5.32 Å². The summed E-state index contributed by atoms with van der Waals surface area (Å²) in [5, 5.41) is 3.62. The van der Waals surface area contributed by atoms with Crippen LogP contribution >= 0.6 is 0 Å². The molecule has 5 aromatic rings. The number of imidazole rings is 1. The number of aromatic nitrogens is 4. The van der Waals surface area contributed by atoms with Gasteiger partial charge < -0.3 is 14.7 Å². The van der Waals surface area contributed by atoms with Crippen molar-refractivity contribution >= 4 is 44.7 Å². The molecule has 0 saturated heterocycles. The molecule has 0 unspecified atom stereocenters. The van der Waals surface area contributed by atoms with Crippen molar-refractivity contribution in [1.82, 2.24) is 19.5 Å². The molecule has 1 aliphatic rings. The van der Waals surface area contributed by atoms with Crippen molar-refractivity contribution < 1.29 is 9.21 Å². The number of H-pyrrole nitrogens is 1. The quantitative estimate of drug-likeness (QED) is 0.464. The maximum Gasteiger partial charge on any atom is 0.297 e. The highest BCUT2D eigenvalue weighted by Gasteiger charge is 2.22. The van der Waals surface area contributed by atoms with E-state index < -0.39 is 0 Å². The molecule has 2 aromatic carbocycles. The van der Waals surface area contributed by atoms with Crippen molar-refractivity contribution in [3.05, 3.63) is 65.0 Å². The highest BCUT2D eigenvalue weighted by atomic mass is 16.3. The van der Waals surface area contributed by atoms with Crippen molar-refractivity contribution in [1.29, 1.82) is 0 Å². The average Bonchev–Trinajstić information content (AvgIpc) is 3.30. The van der Waals surface area contributed by atoms with Gasteiger partial charge in [0.2, 0.25) is 11.5 Å². The molecule has 2 N–H and O–H groups in total. The highest BCUT2D eigenvalue weighted by molar-refractivity contribution is 6.01. The average molecular weight is 413 g/mol. The molecular formula is C23H19N5O3. The number of para-hydroxylation sites is 1. The molecule has 0 aliphatic heterocycles. The van der Waals surface area contributed by atoms with Crippen LogP contribution in [0.1, 0.15) is 31.0 Å². The van der Waals surface area contributed by atoms with Crippen LogP contribution in [0.2, 0.25) is 0 Å². The second-order valence-corrected chi connectivity index (χ2v) is 7.98. The minimum Gasteiger partial charge on any atom is -0.448 e. The Morgan fingerprint density at radius 3 is 2.94 bits per heavy atom. The first-order valence-corrected chi connectivity index (χ1v) is 10.3. The first-order valence-electron chi connectivity index (χ1n) is 10.3. The number of benzene rings is 2. The Morgan fingerprint density at radius 2 is 2.10 bits per heavy atom. The number of aromatic amines is 1. The zero-order valence-electron chi connectivity index (χ0n) is 16.6. The summed E-state index contributed by atoms with van der Waals surface area (Å²) in [6.45, 7) is -0.160. The van der Waals surface area contributed by atoms with Crippen LogP contribution in [0, 0.1) is 0 Å². The van der Waals surface area contributed by atoms with Crippen LogP contribution < -0.4 is 10.9 Å². The molecule has 8 heteroatoms. The number of furan rings is 1. The van der Waals surface area contributed by atoms with E-state index in [-0.39, 0.29) is 23.6 Å². The lowest BCUT2D eigenvalue weighted by Gasteiger charge is -2.22. The topological polar surface area (TPSA) is 106 Å². The second-order valence-electron chi connectivity index (χ2n) is 7.98. The molecule has 31 heavy (non-hydrogen) atoms. The highest BCUT2D eigenvalue weighted by Crippen LogP contribution is 2.35. The van der Waals surface area contributed by atoms with E-state index >= 15 is 0 Å². The van der Waals surface area contributed by atoms with Crippen molar-refractivity contribution in [3.63, 3.8) is 0 Å². The molecule has 0 radical (unpaired) electrons. The van der Waals surface area contributed by atoms with Crippen LogP contribution in [0.5, 0.6) is 0 Å². The molecular weight excluding hydrogens is 394 g/mol. The van der Waals surface area contributed by atoms with E-state index in [0.29, 0.717) is 22.7 Å². The predicted octanol–water partition coefficient (Wildman–Crippen LogP) is 3.93. The Kier molecular flexibility index (Phi) is 3.92. The van der Waals surface area contributed by atoms with E-state index in [1.54, 1.807) is 6.07 Å². The van der Waals surface area contributed by atoms with Gasteiger partial charge >= 0.3 is 0 Å². The minimum absolute atomic E-state index is 0.152. The van der Waals surface area contributed by atoms with Crippen LogP contribution in [0.25, 0.3) is 33.1 Å². The van der Waals surface area contributed by atoms with Gasteiger partial charge in [-0.2, -0.15) is 0 Å². The van der Waals surface area contributed by atoms with Gasteiger partial charge in [-0.1, -0.05) is 18.6 Å². The maximum atomic E-state index is 12.8. The minimum atomic E-state index is -0.384. The number of carbonyl (C=O) groups excluding carboxylic acids is 1. The molecule has 0 bridgehead atoms. The van der Waals surface area contributed by atoms with Crippen molar-refractivity contribution in [3.8, 4) is 0 Å². The molecule has 3 aromatic heterocycles. The molecule has 0 atom stereocenters. The van der Waals surface area contributed by atoms with Gasteiger partial charge in [0.15, 0.2) is 0 Å². The maximum absolute atomic E-state index is 12.8. The SMILES string of the molecule is O=C(Cn1cnc2c(oc3ccccc32)c1=O)Nc1ccc2nc(C3CCC3)[nH]c2c1. The summed E-state index contributed by atoms with van der Waals surface area (Å²) in [5.41, 5.74) is 3.29. The fraction of sp³-hybridized carbons (Fsp3) is 0.217. The molecule has 154 valence electrons. The predicted molar refractivity (Wildman–Crippen MR) is 117 cm³/mol. The molecule has 3 heterocycles. The van der Waals surface area contributed by atoms with E-state index in [1.165, 1.54) is 30.2 Å². The lowest BCUT2D eigenvalue weighted by Crippen LogP contribution is -2.27. The fourth-order valence-electron chi connectivity index (χ4n) is 4.07. The molecule has 1 saturated carbocycles. The lowest BCUT2D eigenvalue weighted by atomic mass is 9.85. The molecule has 1 fully saturated rings. The smallest absolute Gasteiger partial charge is 0.297 e. The number of rotatable bonds is 4. The third-order valence-corrected chi connectivity index (χ3v) is 5.94. The summed E-state index contributed by atoms with van der Waals surface area (Å²) >= 11 is 0. The molecule has 1 amide bonds. The zero-order valence-corrected chi connectivity index (χ0v) is 16.6. The largest absolute Gasteiger partial charge is 0.448 e. The lowest BCUT2D eigenvalue weighted by molar-refractivity contribution is -0.116. The van der Waals surface area contributed by atoms with Gasteiger partial charge in [0.05, 0.1) is 17.4 Å². The third-order valence-electron chi connectivity index (χ3n) is 5.94. The van der Waals surface area contributed by atoms with Crippen LogP contribution in [-0.4, -0.2) is 25.4 Å². The normalized spacial score (nSPS) is 14.3. The van der Waals surface area contributed by atoms with Gasteiger partial charge in [-0.15, -0.1) is 0 Å². The Morgan fingerprint density at radius 1 is 1.23 bits per heavy atom. The summed E-state index contributed by atoms with van der Waals surface area (Å²) in [6.07, 6.45) is 4.97. The monoisotopic (exact) mass is 413 g/mol. The van der Waals surface area contributed by atoms with Crippen LogP contribution in [0.4, 0.5) is 5.69 Å². The van der Waals surface area contributed by atoms with E-state index in [0.717, 1.165) is 22.2 Å². The zero-order chi connectivity index (χ0) is 20.9. The Labute approximate surface area is 175 Å². The van der Waals surface area contributed by atoms with Gasteiger partial charge in [-0.3, -0.25) is 14.2 Å². The number of nitrogens with zero attached hydrogens (tertiary/aromatic N) is 3. The Balaban J connectivity index is 1.24. The van der Waals surface area contributed by atoms with Crippen LogP contribution in [-0.2, 0) is 11.3 Å². The van der Waals surface area contributed by atoms with Gasteiger partial charge in [-0.25, -0.2) is 9.97 Å².